The highest BCUT2D eigenvalue weighted by molar-refractivity contribution is 6.03. The molecule has 26 heavy (non-hydrogen) atoms. The average Bonchev–Trinajstić information content (AvgIpc) is 2.64. The molecule has 0 radical (unpaired) electrons. The summed E-state index contributed by atoms with van der Waals surface area (Å²) >= 11 is 0. The highest BCUT2D eigenvalue weighted by Crippen LogP contribution is 2.17. The number of carbonyl (C=O) groups is 1. The van der Waals surface area contributed by atoms with Gasteiger partial charge in [0.15, 0.2) is 0 Å². The number of rotatable bonds is 5. The number of aromatic nitrogens is 2. The van der Waals surface area contributed by atoms with Gasteiger partial charge in [-0.05, 0) is 55.2 Å². The van der Waals surface area contributed by atoms with Gasteiger partial charge in [0.05, 0.1) is 0 Å². The molecule has 0 fully saturated rings. The van der Waals surface area contributed by atoms with Crippen LogP contribution < -0.4 is 10.6 Å². The first-order chi connectivity index (χ1) is 12.5. The van der Waals surface area contributed by atoms with Crippen molar-refractivity contribution < 1.29 is 4.79 Å². The summed E-state index contributed by atoms with van der Waals surface area (Å²) in [5, 5.41) is 6.10. The predicted molar refractivity (Wildman–Crippen MR) is 104 cm³/mol. The number of hydrogen-bond acceptors (Lipinski definition) is 4. The minimum absolute atomic E-state index is 0.250. The molecule has 0 aliphatic carbocycles. The van der Waals surface area contributed by atoms with Crippen LogP contribution in [0.25, 0.3) is 0 Å². The van der Waals surface area contributed by atoms with E-state index in [1.165, 1.54) is 11.1 Å². The second-order valence-corrected chi connectivity index (χ2v) is 6.32. The molecule has 0 bridgehead atoms. The molecule has 0 atom stereocenters. The number of hydrogen-bond donors (Lipinski definition) is 2. The van der Waals surface area contributed by atoms with Gasteiger partial charge in [-0.1, -0.05) is 36.4 Å². The fourth-order valence-electron chi connectivity index (χ4n) is 2.61. The van der Waals surface area contributed by atoms with E-state index in [0.717, 1.165) is 16.8 Å². The Morgan fingerprint density at radius 1 is 1.00 bits per heavy atom. The Balaban J connectivity index is 1.71. The van der Waals surface area contributed by atoms with Gasteiger partial charge in [0.2, 0.25) is 5.95 Å². The van der Waals surface area contributed by atoms with E-state index in [2.05, 4.69) is 39.7 Å². The molecule has 0 aliphatic rings. The molecule has 0 spiro atoms. The van der Waals surface area contributed by atoms with Gasteiger partial charge in [-0.2, -0.15) is 0 Å². The Morgan fingerprint density at radius 3 is 2.62 bits per heavy atom. The zero-order valence-electron chi connectivity index (χ0n) is 15.2. The molecule has 1 heterocycles. The van der Waals surface area contributed by atoms with Crippen molar-refractivity contribution in [1.82, 2.24) is 9.97 Å². The number of benzene rings is 2. The summed E-state index contributed by atoms with van der Waals surface area (Å²) in [6, 6.07) is 15.7. The summed E-state index contributed by atoms with van der Waals surface area (Å²) in [5.74, 6) is 0.182. The fraction of sp³-hybridized carbons (Fsp3) is 0.190. The molecule has 0 saturated heterocycles. The lowest BCUT2D eigenvalue weighted by Gasteiger charge is -2.10. The van der Waals surface area contributed by atoms with Crippen molar-refractivity contribution in [2.45, 2.75) is 27.3 Å². The standard InChI is InChI=1S/C21H22N4O/c1-14-8-9-16(3)19(12-14)24-20(26)18-10-11-22-21(25-18)23-13-17-7-5-4-6-15(17)2/h4-12H,13H2,1-3H3,(H,24,26)(H,22,23,25). The quantitative estimate of drug-likeness (QED) is 0.724. The molecule has 5 nitrogen and oxygen atoms in total. The second kappa shape index (κ2) is 7.78. The summed E-state index contributed by atoms with van der Waals surface area (Å²) in [6.45, 7) is 6.62. The first-order valence-electron chi connectivity index (χ1n) is 8.53. The molecule has 1 aromatic heterocycles. The molecule has 5 heteroatoms. The summed E-state index contributed by atoms with van der Waals surface area (Å²) in [7, 11) is 0. The van der Waals surface area contributed by atoms with E-state index in [4.69, 9.17) is 0 Å². The first kappa shape index (κ1) is 17.6. The van der Waals surface area contributed by atoms with Crippen LogP contribution in [0.1, 0.15) is 32.7 Å². The van der Waals surface area contributed by atoms with Gasteiger partial charge in [0.1, 0.15) is 5.69 Å². The minimum Gasteiger partial charge on any atom is -0.350 e. The Hall–Kier alpha value is -3.21. The lowest BCUT2D eigenvalue weighted by molar-refractivity contribution is 0.102. The maximum atomic E-state index is 12.5. The Kier molecular flexibility index (Phi) is 5.27. The van der Waals surface area contributed by atoms with E-state index in [0.29, 0.717) is 18.2 Å². The molecule has 0 saturated carbocycles. The molecule has 3 aromatic rings. The Morgan fingerprint density at radius 2 is 1.81 bits per heavy atom. The van der Waals surface area contributed by atoms with E-state index in [-0.39, 0.29) is 5.91 Å². The highest BCUT2D eigenvalue weighted by atomic mass is 16.1. The third-order valence-corrected chi connectivity index (χ3v) is 4.23. The van der Waals surface area contributed by atoms with Gasteiger partial charge >= 0.3 is 0 Å². The third kappa shape index (κ3) is 4.25. The van der Waals surface area contributed by atoms with Gasteiger partial charge in [-0.25, -0.2) is 9.97 Å². The van der Waals surface area contributed by atoms with Crippen LogP contribution in [0.4, 0.5) is 11.6 Å². The maximum Gasteiger partial charge on any atom is 0.274 e. The Bertz CT molecular complexity index is 937. The van der Waals surface area contributed by atoms with Crippen molar-refractivity contribution in [3.8, 4) is 0 Å². The van der Waals surface area contributed by atoms with Crippen LogP contribution >= 0.6 is 0 Å². The second-order valence-electron chi connectivity index (χ2n) is 6.32. The number of anilines is 2. The molecule has 3 rings (SSSR count). The summed E-state index contributed by atoms with van der Waals surface area (Å²) in [5.41, 5.74) is 5.59. The van der Waals surface area contributed by atoms with Crippen LogP contribution in [0.2, 0.25) is 0 Å². The molecule has 132 valence electrons. The van der Waals surface area contributed by atoms with E-state index in [1.54, 1.807) is 12.3 Å². The van der Waals surface area contributed by atoms with Crippen molar-refractivity contribution in [1.29, 1.82) is 0 Å². The van der Waals surface area contributed by atoms with Gasteiger partial charge < -0.3 is 10.6 Å². The van der Waals surface area contributed by atoms with E-state index in [1.807, 2.05) is 44.2 Å². The Labute approximate surface area is 153 Å². The minimum atomic E-state index is -0.250. The highest BCUT2D eigenvalue weighted by Gasteiger charge is 2.11. The molecular weight excluding hydrogens is 324 g/mol. The van der Waals surface area contributed by atoms with Crippen molar-refractivity contribution in [3.63, 3.8) is 0 Å². The van der Waals surface area contributed by atoms with Gasteiger partial charge in [0, 0.05) is 18.4 Å². The van der Waals surface area contributed by atoms with E-state index in [9.17, 15) is 4.79 Å². The lowest BCUT2D eigenvalue weighted by Crippen LogP contribution is -2.16. The number of nitrogens with zero attached hydrogens (tertiary/aromatic N) is 2. The van der Waals surface area contributed by atoms with Crippen molar-refractivity contribution in [2.24, 2.45) is 0 Å². The van der Waals surface area contributed by atoms with Gasteiger partial charge in [0.25, 0.3) is 5.91 Å². The molecule has 1 amide bonds. The van der Waals surface area contributed by atoms with E-state index >= 15 is 0 Å². The zero-order valence-corrected chi connectivity index (χ0v) is 15.2. The fourth-order valence-corrected chi connectivity index (χ4v) is 2.61. The summed E-state index contributed by atoms with van der Waals surface area (Å²) < 4.78 is 0. The van der Waals surface area contributed by atoms with Crippen molar-refractivity contribution >= 4 is 17.5 Å². The normalized spacial score (nSPS) is 10.4. The van der Waals surface area contributed by atoms with Crippen molar-refractivity contribution in [3.05, 3.63) is 82.7 Å². The zero-order chi connectivity index (χ0) is 18.5. The van der Waals surface area contributed by atoms with E-state index < -0.39 is 0 Å². The first-order valence-corrected chi connectivity index (χ1v) is 8.53. The number of nitrogens with one attached hydrogen (secondary N) is 2. The number of aryl methyl sites for hydroxylation is 3. The molecule has 2 aromatic carbocycles. The topological polar surface area (TPSA) is 66.9 Å². The summed E-state index contributed by atoms with van der Waals surface area (Å²) in [6.07, 6.45) is 1.59. The smallest absolute Gasteiger partial charge is 0.274 e. The molecule has 2 N–H and O–H groups in total. The van der Waals surface area contributed by atoms with Crippen LogP contribution in [0.3, 0.4) is 0 Å². The average molecular weight is 346 g/mol. The summed E-state index contributed by atoms with van der Waals surface area (Å²) in [4.78, 5) is 21.1. The third-order valence-electron chi connectivity index (χ3n) is 4.23. The van der Waals surface area contributed by atoms with Crippen LogP contribution in [0.15, 0.2) is 54.7 Å². The van der Waals surface area contributed by atoms with Crippen LogP contribution in [-0.2, 0) is 6.54 Å². The van der Waals surface area contributed by atoms with Crippen LogP contribution in [-0.4, -0.2) is 15.9 Å². The van der Waals surface area contributed by atoms with Crippen LogP contribution in [0.5, 0.6) is 0 Å². The molecular formula is C21H22N4O. The number of carbonyl (C=O) groups excluding carboxylic acids is 1. The maximum absolute atomic E-state index is 12.5. The van der Waals surface area contributed by atoms with Gasteiger partial charge in [-0.15, -0.1) is 0 Å². The van der Waals surface area contributed by atoms with Gasteiger partial charge in [-0.3, -0.25) is 4.79 Å². The predicted octanol–water partition coefficient (Wildman–Crippen LogP) is 4.27. The number of amides is 1. The lowest BCUT2D eigenvalue weighted by atomic mass is 10.1. The molecule has 0 aliphatic heterocycles. The van der Waals surface area contributed by atoms with Crippen LogP contribution in [0, 0.1) is 20.8 Å². The van der Waals surface area contributed by atoms with Crippen molar-refractivity contribution in [2.75, 3.05) is 10.6 Å². The SMILES string of the molecule is Cc1ccc(C)c(NC(=O)c2ccnc(NCc3ccccc3C)n2)c1. The largest absolute Gasteiger partial charge is 0.350 e. The molecule has 0 unspecified atom stereocenters. The monoisotopic (exact) mass is 346 g/mol.